The Bertz CT molecular complexity index is 1190. The second-order valence-corrected chi connectivity index (χ2v) is 7.88. The summed E-state index contributed by atoms with van der Waals surface area (Å²) in [6.07, 6.45) is 0.632. The molecular formula is C28H28N2O4. The molecular weight excluding hydrogens is 428 g/mol. The minimum absolute atomic E-state index is 0.333. The SMILES string of the molecule is COC(=O)C(NCc1ccccc1)c1ccc(OCCc2nc(-c3ccccc3)oc2C)cc1. The summed E-state index contributed by atoms with van der Waals surface area (Å²) in [6, 6.07) is 26.7. The molecule has 3 aromatic carbocycles. The summed E-state index contributed by atoms with van der Waals surface area (Å²) in [7, 11) is 1.39. The Morgan fingerprint density at radius 2 is 1.65 bits per heavy atom. The largest absolute Gasteiger partial charge is 0.493 e. The number of hydrogen-bond acceptors (Lipinski definition) is 6. The number of nitrogens with one attached hydrogen (secondary N) is 1. The number of esters is 1. The van der Waals surface area contributed by atoms with Crippen LogP contribution in [0.5, 0.6) is 5.75 Å². The summed E-state index contributed by atoms with van der Waals surface area (Å²) in [5, 5.41) is 3.28. The van der Waals surface area contributed by atoms with E-state index in [0.717, 1.165) is 33.9 Å². The first-order valence-electron chi connectivity index (χ1n) is 11.2. The number of oxazole rings is 1. The van der Waals surface area contributed by atoms with Gasteiger partial charge in [0.1, 0.15) is 17.6 Å². The van der Waals surface area contributed by atoms with E-state index in [0.29, 0.717) is 25.5 Å². The van der Waals surface area contributed by atoms with Crippen LogP contribution in [-0.4, -0.2) is 24.7 Å². The van der Waals surface area contributed by atoms with E-state index in [1.54, 1.807) is 0 Å². The van der Waals surface area contributed by atoms with Crippen LogP contribution in [-0.2, 0) is 22.5 Å². The number of carbonyl (C=O) groups excluding carboxylic acids is 1. The number of ether oxygens (including phenoxy) is 2. The summed E-state index contributed by atoms with van der Waals surface area (Å²) in [5.41, 5.74) is 3.74. The first kappa shape index (κ1) is 23.3. The Balaban J connectivity index is 1.34. The van der Waals surface area contributed by atoms with Crippen LogP contribution in [0, 0.1) is 6.92 Å². The molecule has 34 heavy (non-hydrogen) atoms. The van der Waals surface area contributed by atoms with Crippen LogP contribution in [0.2, 0.25) is 0 Å². The lowest BCUT2D eigenvalue weighted by Crippen LogP contribution is -2.29. The van der Waals surface area contributed by atoms with Crippen molar-refractivity contribution < 1.29 is 18.7 Å². The minimum atomic E-state index is -0.562. The zero-order valence-electron chi connectivity index (χ0n) is 19.4. The summed E-state index contributed by atoms with van der Waals surface area (Å²) >= 11 is 0. The molecule has 174 valence electrons. The smallest absolute Gasteiger partial charge is 0.327 e. The summed E-state index contributed by atoms with van der Waals surface area (Å²) in [6.45, 7) is 2.94. The fourth-order valence-corrected chi connectivity index (χ4v) is 3.66. The van der Waals surface area contributed by atoms with Gasteiger partial charge in [-0.05, 0) is 42.3 Å². The van der Waals surface area contributed by atoms with Crippen molar-refractivity contribution in [3.63, 3.8) is 0 Å². The monoisotopic (exact) mass is 456 g/mol. The summed E-state index contributed by atoms with van der Waals surface area (Å²) < 4.78 is 16.7. The number of hydrogen-bond donors (Lipinski definition) is 1. The second kappa shape index (κ2) is 11.3. The molecule has 1 N–H and O–H groups in total. The van der Waals surface area contributed by atoms with Crippen molar-refractivity contribution in [1.82, 2.24) is 10.3 Å². The zero-order chi connectivity index (χ0) is 23.8. The van der Waals surface area contributed by atoms with E-state index in [9.17, 15) is 4.79 Å². The predicted octanol–water partition coefficient (Wildman–Crippen LogP) is 5.28. The van der Waals surface area contributed by atoms with Gasteiger partial charge in [-0.3, -0.25) is 5.32 Å². The van der Waals surface area contributed by atoms with Crippen LogP contribution in [0.1, 0.15) is 28.6 Å². The van der Waals surface area contributed by atoms with Crippen LogP contribution in [0.25, 0.3) is 11.5 Å². The highest BCUT2D eigenvalue weighted by molar-refractivity contribution is 5.77. The molecule has 0 aliphatic heterocycles. The molecule has 0 aliphatic carbocycles. The van der Waals surface area contributed by atoms with E-state index in [2.05, 4.69) is 10.3 Å². The van der Waals surface area contributed by atoms with Crippen molar-refractivity contribution in [2.75, 3.05) is 13.7 Å². The highest BCUT2D eigenvalue weighted by Gasteiger charge is 2.21. The maximum atomic E-state index is 12.4. The Labute approximate surface area is 199 Å². The average molecular weight is 457 g/mol. The van der Waals surface area contributed by atoms with Gasteiger partial charge in [-0.25, -0.2) is 9.78 Å². The molecule has 0 saturated carbocycles. The number of aryl methyl sites for hydroxylation is 1. The lowest BCUT2D eigenvalue weighted by atomic mass is 10.1. The van der Waals surface area contributed by atoms with Crippen LogP contribution >= 0.6 is 0 Å². The maximum absolute atomic E-state index is 12.4. The standard InChI is InChI=1S/C28H28N2O4/c1-20-25(30-27(34-20)23-11-7-4-8-12-23)17-18-33-24-15-13-22(14-16-24)26(28(31)32-2)29-19-21-9-5-3-6-10-21/h3-16,26,29H,17-19H2,1-2H3. The van der Waals surface area contributed by atoms with E-state index in [1.165, 1.54) is 7.11 Å². The quantitative estimate of drug-likeness (QED) is 0.328. The average Bonchev–Trinajstić information content (AvgIpc) is 3.26. The molecule has 0 fully saturated rings. The Morgan fingerprint density at radius 3 is 2.32 bits per heavy atom. The molecule has 1 heterocycles. The first-order valence-corrected chi connectivity index (χ1v) is 11.2. The molecule has 0 saturated heterocycles. The fraction of sp³-hybridized carbons (Fsp3) is 0.214. The molecule has 6 heteroatoms. The van der Waals surface area contributed by atoms with E-state index in [1.807, 2.05) is 91.9 Å². The van der Waals surface area contributed by atoms with Crippen LogP contribution in [0.4, 0.5) is 0 Å². The summed E-state index contributed by atoms with van der Waals surface area (Å²) in [5.74, 6) is 1.80. The van der Waals surface area contributed by atoms with E-state index in [-0.39, 0.29) is 5.97 Å². The van der Waals surface area contributed by atoms with Gasteiger partial charge < -0.3 is 13.9 Å². The second-order valence-electron chi connectivity index (χ2n) is 7.88. The Morgan fingerprint density at radius 1 is 0.971 bits per heavy atom. The Kier molecular flexibility index (Phi) is 7.73. The van der Waals surface area contributed by atoms with Crippen molar-refractivity contribution in [2.24, 2.45) is 0 Å². The van der Waals surface area contributed by atoms with Crippen molar-refractivity contribution in [1.29, 1.82) is 0 Å². The number of carbonyl (C=O) groups is 1. The lowest BCUT2D eigenvalue weighted by molar-refractivity contribution is -0.143. The molecule has 1 atom stereocenters. The predicted molar refractivity (Wildman–Crippen MR) is 130 cm³/mol. The van der Waals surface area contributed by atoms with Gasteiger partial charge in [-0.15, -0.1) is 0 Å². The fourth-order valence-electron chi connectivity index (χ4n) is 3.66. The number of methoxy groups -OCH3 is 1. The van der Waals surface area contributed by atoms with Crippen LogP contribution in [0.3, 0.4) is 0 Å². The van der Waals surface area contributed by atoms with Crippen molar-refractivity contribution in [3.05, 3.63) is 108 Å². The number of nitrogens with zero attached hydrogens (tertiary/aromatic N) is 1. The molecule has 4 rings (SSSR count). The molecule has 1 unspecified atom stereocenters. The number of aromatic nitrogens is 1. The molecule has 4 aromatic rings. The normalized spacial score (nSPS) is 11.7. The van der Waals surface area contributed by atoms with Gasteiger partial charge in [0, 0.05) is 18.5 Å². The van der Waals surface area contributed by atoms with Gasteiger partial charge in [0.05, 0.1) is 19.4 Å². The molecule has 0 bridgehead atoms. The third-order valence-electron chi connectivity index (χ3n) is 5.52. The zero-order valence-corrected chi connectivity index (χ0v) is 19.4. The van der Waals surface area contributed by atoms with E-state index < -0.39 is 6.04 Å². The first-order chi connectivity index (χ1) is 16.6. The number of rotatable bonds is 10. The topological polar surface area (TPSA) is 73.6 Å². The highest BCUT2D eigenvalue weighted by Crippen LogP contribution is 2.23. The van der Waals surface area contributed by atoms with E-state index >= 15 is 0 Å². The lowest BCUT2D eigenvalue weighted by Gasteiger charge is -2.17. The van der Waals surface area contributed by atoms with Crippen LogP contribution < -0.4 is 10.1 Å². The Hall–Kier alpha value is -3.90. The van der Waals surface area contributed by atoms with Crippen LogP contribution in [0.15, 0.2) is 89.3 Å². The number of benzene rings is 3. The van der Waals surface area contributed by atoms with Crippen molar-refractivity contribution in [3.8, 4) is 17.2 Å². The van der Waals surface area contributed by atoms with Gasteiger partial charge >= 0.3 is 5.97 Å². The molecule has 0 radical (unpaired) electrons. The maximum Gasteiger partial charge on any atom is 0.327 e. The van der Waals surface area contributed by atoms with Crippen molar-refractivity contribution >= 4 is 5.97 Å². The van der Waals surface area contributed by atoms with E-state index in [4.69, 9.17) is 13.9 Å². The minimum Gasteiger partial charge on any atom is -0.493 e. The van der Waals surface area contributed by atoms with Gasteiger partial charge in [0.15, 0.2) is 0 Å². The third kappa shape index (κ3) is 5.91. The van der Waals surface area contributed by atoms with Gasteiger partial charge in [0.2, 0.25) is 5.89 Å². The highest BCUT2D eigenvalue weighted by atomic mass is 16.5. The third-order valence-corrected chi connectivity index (χ3v) is 5.52. The molecule has 0 aliphatic rings. The molecule has 1 aromatic heterocycles. The van der Waals surface area contributed by atoms with Gasteiger partial charge in [-0.2, -0.15) is 0 Å². The van der Waals surface area contributed by atoms with Gasteiger partial charge in [0.25, 0.3) is 0 Å². The molecule has 0 spiro atoms. The summed E-state index contributed by atoms with van der Waals surface area (Å²) in [4.78, 5) is 17.0. The molecule has 0 amide bonds. The van der Waals surface area contributed by atoms with Gasteiger partial charge in [-0.1, -0.05) is 60.7 Å². The molecule has 6 nitrogen and oxygen atoms in total. The van der Waals surface area contributed by atoms with Crippen molar-refractivity contribution in [2.45, 2.75) is 25.9 Å².